The summed E-state index contributed by atoms with van der Waals surface area (Å²) in [5, 5.41) is 30.4. The molecular formula is C6H9ClO6. The lowest BCUT2D eigenvalue weighted by atomic mass is 10.5. The van der Waals surface area contributed by atoms with E-state index in [1.54, 1.807) is 0 Å². The van der Waals surface area contributed by atoms with Gasteiger partial charge in [-0.05, 0) is 0 Å². The Morgan fingerprint density at radius 3 is 1.62 bits per heavy atom. The van der Waals surface area contributed by atoms with Gasteiger partial charge in [-0.15, -0.1) is 0 Å². The van der Waals surface area contributed by atoms with Crippen LogP contribution in [0.2, 0.25) is 0 Å². The van der Waals surface area contributed by atoms with Gasteiger partial charge in [0.15, 0.2) is 0 Å². The lowest BCUT2D eigenvalue weighted by molar-refractivity contribution is -0.134. The Kier molecular flexibility index (Phi) is 9.96. The molecule has 0 radical (unpaired) electrons. The highest BCUT2D eigenvalue weighted by atomic mass is 35.5. The largest absolute Gasteiger partial charge is 0.478 e. The van der Waals surface area contributed by atoms with E-state index < -0.39 is 17.0 Å². The standard InChI is InChI=1S/C4H3ClO4.C2H6O2/c5-2(4(8)9)1-3(6)7;3-1-2-4/h1H,(H,6,7)(H,8,9);3-4H,1-2H2/b2-1+;. The zero-order valence-corrected chi connectivity index (χ0v) is 7.23. The quantitative estimate of drug-likeness (QED) is 0.458. The Balaban J connectivity index is 0. The Morgan fingerprint density at radius 1 is 1.15 bits per heavy atom. The second-order valence-electron chi connectivity index (χ2n) is 1.58. The van der Waals surface area contributed by atoms with Gasteiger partial charge in [0.2, 0.25) is 0 Å². The van der Waals surface area contributed by atoms with Crippen molar-refractivity contribution in [2.45, 2.75) is 0 Å². The second-order valence-corrected chi connectivity index (χ2v) is 1.99. The maximum Gasteiger partial charge on any atom is 0.347 e. The summed E-state index contributed by atoms with van der Waals surface area (Å²) in [6, 6.07) is 0. The molecule has 76 valence electrons. The molecule has 0 fully saturated rings. The number of rotatable bonds is 3. The van der Waals surface area contributed by atoms with E-state index in [0.29, 0.717) is 6.08 Å². The number of aliphatic hydroxyl groups is 2. The fraction of sp³-hybridized carbons (Fsp3) is 0.333. The molecule has 0 amide bonds. The SMILES string of the molecule is O=C(O)/C=C(/Cl)C(=O)O.OCCO. The van der Waals surface area contributed by atoms with Crippen LogP contribution < -0.4 is 0 Å². The molecule has 0 aromatic carbocycles. The van der Waals surface area contributed by atoms with Gasteiger partial charge < -0.3 is 20.4 Å². The molecule has 0 heterocycles. The molecule has 0 aromatic rings. The fourth-order valence-corrected chi connectivity index (χ4v) is 0.263. The van der Waals surface area contributed by atoms with E-state index in [2.05, 4.69) is 0 Å². The minimum Gasteiger partial charge on any atom is -0.478 e. The van der Waals surface area contributed by atoms with E-state index in [0.717, 1.165) is 0 Å². The number of carboxylic acid groups (broad SMARTS) is 2. The minimum absolute atomic E-state index is 0.125. The molecule has 7 heteroatoms. The van der Waals surface area contributed by atoms with Crippen molar-refractivity contribution in [3.63, 3.8) is 0 Å². The summed E-state index contributed by atoms with van der Waals surface area (Å²) in [4.78, 5) is 19.5. The van der Waals surface area contributed by atoms with Crippen LogP contribution in [0, 0.1) is 0 Å². The van der Waals surface area contributed by atoms with E-state index in [1.165, 1.54) is 0 Å². The molecule has 0 bridgehead atoms. The van der Waals surface area contributed by atoms with Gasteiger partial charge in [0.1, 0.15) is 5.03 Å². The van der Waals surface area contributed by atoms with E-state index in [1.807, 2.05) is 0 Å². The third-order valence-electron chi connectivity index (χ3n) is 0.555. The van der Waals surface area contributed by atoms with Gasteiger partial charge in [0.25, 0.3) is 0 Å². The van der Waals surface area contributed by atoms with Crippen LogP contribution in [0.1, 0.15) is 0 Å². The summed E-state index contributed by atoms with van der Waals surface area (Å²) in [6.07, 6.45) is 0.407. The zero-order valence-electron chi connectivity index (χ0n) is 6.47. The van der Waals surface area contributed by atoms with E-state index in [-0.39, 0.29) is 13.2 Å². The molecule has 0 aromatic heterocycles. The monoisotopic (exact) mass is 212 g/mol. The molecule has 6 nitrogen and oxygen atoms in total. The molecule has 4 N–H and O–H groups in total. The van der Waals surface area contributed by atoms with Crippen LogP contribution in [0.5, 0.6) is 0 Å². The molecule has 0 aliphatic carbocycles. The maximum absolute atomic E-state index is 9.77. The van der Waals surface area contributed by atoms with Crippen molar-refractivity contribution in [1.82, 2.24) is 0 Å². The first-order chi connectivity index (χ1) is 5.95. The first-order valence-corrected chi connectivity index (χ1v) is 3.38. The Bertz CT molecular complexity index is 197. The highest BCUT2D eigenvalue weighted by molar-refractivity contribution is 6.42. The van der Waals surface area contributed by atoms with Crippen LogP contribution in [-0.4, -0.2) is 45.6 Å². The lowest BCUT2D eigenvalue weighted by Crippen LogP contribution is -1.97. The van der Waals surface area contributed by atoms with Crippen LogP contribution in [0.15, 0.2) is 11.1 Å². The molecule has 0 saturated carbocycles. The van der Waals surface area contributed by atoms with Crippen LogP contribution >= 0.6 is 11.6 Å². The zero-order chi connectivity index (χ0) is 10.9. The van der Waals surface area contributed by atoms with Gasteiger partial charge >= 0.3 is 11.9 Å². The number of aliphatic carboxylic acids is 2. The summed E-state index contributed by atoms with van der Waals surface area (Å²) < 4.78 is 0. The topological polar surface area (TPSA) is 115 Å². The fourth-order valence-electron chi connectivity index (χ4n) is 0.170. The third kappa shape index (κ3) is 13.8. The number of aliphatic hydroxyl groups excluding tert-OH is 2. The molecule has 0 aliphatic rings. The maximum atomic E-state index is 9.77. The van der Waals surface area contributed by atoms with Gasteiger partial charge in [-0.2, -0.15) is 0 Å². The first-order valence-electron chi connectivity index (χ1n) is 3.00. The number of carboxylic acids is 2. The molecule has 0 saturated heterocycles. The predicted octanol–water partition coefficient (Wildman–Crippen LogP) is -0.751. The summed E-state index contributed by atoms with van der Waals surface area (Å²) >= 11 is 4.89. The van der Waals surface area contributed by atoms with Crippen molar-refractivity contribution in [3.8, 4) is 0 Å². The number of hydrogen-bond donors (Lipinski definition) is 4. The van der Waals surface area contributed by atoms with Crippen molar-refractivity contribution < 1.29 is 30.0 Å². The lowest BCUT2D eigenvalue weighted by Gasteiger charge is -1.83. The smallest absolute Gasteiger partial charge is 0.347 e. The highest BCUT2D eigenvalue weighted by Gasteiger charge is 2.03. The number of carbonyl (C=O) groups is 2. The van der Waals surface area contributed by atoms with Gasteiger partial charge in [-0.1, -0.05) is 11.6 Å². The molecule has 13 heavy (non-hydrogen) atoms. The molecule has 0 aliphatic heterocycles. The van der Waals surface area contributed by atoms with Crippen molar-refractivity contribution in [1.29, 1.82) is 0 Å². The molecular weight excluding hydrogens is 204 g/mol. The van der Waals surface area contributed by atoms with Crippen LogP contribution in [-0.2, 0) is 9.59 Å². The summed E-state index contributed by atoms with van der Waals surface area (Å²) in [6.45, 7) is -0.250. The number of hydrogen-bond acceptors (Lipinski definition) is 4. The Labute approximate surface area is 78.7 Å². The minimum atomic E-state index is -1.45. The normalized spacial score (nSPS) is 9.92. The van der Waals surface area contributed by atoms with E-state index in [9.17, 15) is 9.59 Å². The average molecular weight is 213 g/mol. The summed E-state index contributed by atoms with van der Waals surface area (Å²) in [7, 11) is 0. The van der Waals surface area contributed by atoms with E-state index >= 15 is 0 Å². The first kappa shape index (κ1) is 14.4. The second kappa shape index (κ2) is 8.98. The third-order valence-corrected chi connectivity index (χ3v) is 0.825. The van der Waals surface area contributed by atoms with Gasteiger partial charge in [0, 0.05) is 6.08 Å². The van der Waals surface area contributed by atoms with Crippen molar-refractivity contribution in [2.24, 2.45) is 0 Å². The Hall–Kier alpha value is -1.11. The molecule has 0 atom stereocenters. The van der Waals surface area contributed by atoms with Gasteiger partial charge in [-0.25, -0.2) is 9.59 Å². The van der Waals surface area contributed by atoms with Crippen LogP contribution in [0.4, 0.5) is 0 Å². The molecule has 0 unspecified atom stereocenters. The van der Waals surface area contributed by atoms with Gasteiger partial charge in [0.05, 0.1) is 13.2 Å². The summed E-state index contributed by atoms with van der Waals surface area (Å²) in [5.41, 5.74) is 0. The van der Waals surface area contributed by atoms with Crippen molar-refractivity contribution >= 4 is 23.5 Å². The number of halogens is 1. The van der Waals surface area contributed by atoms with Crippen molar-refractivity contribution in [3.05, 3.63) is 11.1 Å². The Morgan fingerprint density at radius 2 is 1.54 bits per heavy atom. The van der Waals surface area contributed by atoms with Crippen molar-refractivity contribution in [2.75, 3.05) is 13.2 Å². The van der Waals surface area contributed by atoms with Crippen LogP contribution in [0.25, 0.3) is 0 Å². The molecule has 0 rings (SSSR count). The molecule has 0 spiro atoms. The average Bonchev–Trinajstić information content (AvgIpc) is 2.03. The summed E-state index contributed by atoms with van der Waals surface area (Å²) in [5.74, 6) is -2.82. The van der Waals surface area contributed by atoms with Crippen LogP contribution in [0.3, 0.4) is 0 Å². The van der Waals surface area contributed by atoms with Gasteiger partial charge in [-0.3, -0.25) is 0 Å². The highest BCUT2D eigenvalue weighted by Crippen LogP contribution is 1.98. The predicted molar refractivity (Wildman–Crippen MR) is 43.4 cm³/mol. The van der Waals surface area contributed by atoms with E-state index in [4.69, 9.17) is 32.0 Å².